The molecule has 5 nitrogen and oxygen atoms in total. The Bertz CT molecular complexity index is 684. The lowest BCUT2D eigenvalue weighted by molar-refractivity contribution is -0.913. The van der Waals surface area contributed by atoms with Crippen LogP contribution in [-0.2, 0) is 11.2 Å². The molecule has 2 atom stereocenters. The maximum Gasteiger partial charge on any atom is 0.329 e. The van der Waals surface area contributed by atoms with Gasteiger partial charge in [0.15, 0.2) is 6.67 Å². The highest BCUT2D eigenvalue weighted by Crippen LogP contribution is 2.37. The van der Waals surface area contributed by atoms with Gasteiger partial charge in [-0.3, -0.25) is 4.79 Å². The lowest BCUT2D eigenvalue weighted by Crippen LogP contribution is -3.14. The van der Waals surface area contributed by atoms with Gasteiger partial charge in [-0.2, -0.15) is 0 Å². The maximum atomic E-state index is 13.1. The predicted molar refractivity (Wildman–Crippen MR) is 104 cm³/mol. The first kappa shape index (κ1) is 18.5. The molecule has 2 heterocycles. The van der Waals surface area contributed by atoms with Crippen molar-refractivity contribution in [1.29, 1.82) is 0 Å². The summed E-state index contributed by atoms with van der Waals surface area (Å²) in [6.45, 7) is 4.72. The van der Waals surface area contributed by atoms with Crippen molar-refractivity contribution >= 4 is 11.9 Å². The van der Waals surface area contributed by atoms with Crippen molar-refractivity contribution < 1.29 is 14.5 Å². The molecule has 1 aromatic rings. The average molecular weight is 371 g/mol. The van der Waals surface area contributed by atoms with Crippen LogP contribution in [0.5, 0.6) is 0 Å². The van der Waals surface area contributed by atoms with Crippen molar-refractivity contribution in [1.82, 2.24) is 10.2 Å². The largest absolute Gasteiger partial charge is 0.329 e. The van der Waals surface area contributed by atoms with E-state index in [0.29, 0.717) is 12.6 Å². The molecule has 5 heteroatoms. The van der Waals surface area contributed by atoms with E-state index in [1.54, 1.807) is 0 Å². The van der Waals surface area contributed by atoms with Crippen molar-refractivity contribution in [3.8, 4) is 0 Å². The number of piperidine rings is 1. The van der Waals surface area contributed by atoms with Crippen molar-refractivity contribution in [3.63, 3.8) is 0 Å². The van der Waals surface area contributed by atoms with Crippen LogP contribution in [0.25, 0.3) is 0 Å². The molecule has 2 N–H and O–H groups in total. The van der Waals surface area contributed by atoms with Crippen LogP contribution in [0, 0.1) is 11.8 Å². The Hall–Kier alpha value is -1.88. The number of urea groups is 1. The molecule has 27 heavy (non-hydrogen) atoms. The molecule has 1 aliphatic carbocycles. The van der Waals surface area contributed by atoms with E-state index in [1.807, 2.05) is 0 Å². The fraction of sp³-hybridized carbons (Fsp3) is 0.636. The van der Waals surface area contributed by atoms with Crippen LogP contribution in [0.3, 0.4) is 0 Å². The smallest absolute Gasteiger partial charge is 0.323 e. The van der Waals surface area contributed by atoms with Gasteiger partial charge >= 0.3 is 6.03 Å². The molecule has 2 saturated heterocycles. The third kappa shape index (κ3) is 3.62. The van der Waals surface area contributed by atoms with E-state index in [9.17, 15) is 9.59 Å². The van der Waals surface area contributed by atoms with E-state index in [2.05, 4.69) is 42.6 Å². The van der Waals surface area contributed by atoms with E-state index in [4.69, 9.17) is 0 Å². The van der Waals surface area contributed by atoms with Gasteiger partial charge < -0.3 is 10.2 Å². The number of nitrogens with zero attached hydrogens (tertiary/aromatic N) is 1. The molecule has 0 radical (unpaired) electrons. The van der Waals surface area contributed by atoms with Gasteiger partial charge in [-0.15, -0.1) is 0 Å². The molecular formula is C22H32N3O2+. The standard InChI is InChI=1S/C22H31N3O2/c1-17-7-5-6-12-22(17)20(26)25(21(27)23-22)16-24-13-10-19(11-14-24)15-18-8-3-2-4-9-18/h2-4,8-9,17,19H,5-7,10-16H2,1H3,(H,23,27)/p+1/t17-,22+/m1/s1. The van der Waals surface area contributed by atoms with Gasteiger partial charge in [-0.25, -0.2) is 9.69 Å². The highest BCUT2D eigenvalue weighted by molar-refractivity contribution is 6.07. The molecule has 4 rings (SSSR count). The molecule has 3 fully saturated rings. The van der Waals surface area contributed by atoms with Gasteiger partial charge in [0.1, 0.15) is 5.54 Å². The zero-order valence-corrected chi connectivity index (χ0v) is 16.4. The number of hydrogen-bond acceptors (Lipinski definition) is 2. The summed E-state index contributed by atoms with van der Waals surface area (Å²) in [6, 6.07) is 10.5. The average Bonchev–Trinajstić information content (AvgIpc) is 2.91. The minimum atomic E-state index is -0.625. The zero-order valence-electron chi connectivity index (χ0n) is 16.4. The Morgan fingerprint density at radius 2 is 1.85 bits per heavy atom. The number of nitrogens with one attached hydrogen (secondary N) is 2. The number of hydrogen-bond donors (Lipinski definition) is 2. The number of benzene rings is 1. The summed E-state index contributed by atoms with van der Waals surface area (Å²) in [5, 5.41) is 3.07. The number of amides is 3. The Morgan fingerprint density at radius 1 is 1.11 bits per heavy atom. The third-order valence-electron chi connectivity index (χ3n) is 7.06. The number of imide groups is 1. The molecule has 1 aromatic carbocycles. The fourth-order valence-electron chi connectivity index (χ4n) is 5.26. The fourth-order valence-corrected chi connectivity index (χ4v) is 5.26. The Kier molecular flexibility index (Phi) is 5.22. The summed E-state index contributed by atoms with van der Waals surface area (Å²) in [7, 11) is 0. The minimum Gasteiger partial charge on any atom is -0.323 e. The van der Waals surface area contributed by atoms with Crippen molar-refractivity contribution in [2.45, 2.75) is 57.4 Å². The van der Waals surface area contributed by atoms with E-state index in [1.165, 1.54) is 15.4 Å². The number of likely N-dealkylation sites (tertiary alicyclic amines) is 1. The first-order chi connectivity index (χ1) is 13.1. The van der Waals surface area contributed by atoms with Crippen LogP contribution in [-0.4, -0.2) is 42.1 Å². The topological polar surface area (TPSA) is 53.9 Å². The summed E-state index contributed by atoms with van der Waals surface area (Å²) in [5.41, 5.74) is 0.786. The normalized spacial score (nSPS) is 34.1. The Morgan fingerprint density at radius 3 is 2.56 bits per heavy atom. The molecule has 1 spiro atoms. The molecule has 0 aromatic heterocycles. The van der Waals surface area contributed by atoms with Gasteiger partial charge in [-0.1, -0.05) is 50.1 Å². The van der Waals surface area contributed by atoms with Crippen LogP contribution in [0.2, 0.25) is 0 Å². The van der Waals surface area contributed by atoms with E-state index < -0.39 is 5.54 Å². The predicted octanol–water partition coefficient (Wildman–Crippen LogP) is 1.98. The second-order valence-corrected chi connectivity index (χ2v) is 8.82. The number of rotatable bonds is 4. The van der Waals surface area contributed by atoms with Crippen LogP contribution in [0.4, 0.5) is 4.79 Å². The summed E-state index contributed by atoms with van der Waals surface area (Å²) >= 11 is 0. The van der Waals surface area contributed by atoms with Gasteiger partial charge in [0.2, 0.25) is 0 Å². The summed E-state index contributed by atoms with van der Waals surface area (Å²) in [5.74, 6) is 0.974. The van der Waals surface area contributed by atoms with E-state index in [0.717, 1.165) is 58.0 Å². The maximum absolute atomic E-state index is 13.1. The molecular weight excluding hydrogens is 338 g/mol. The first-order valence-electron chi connectivity index (χ1n) is 10.6. The number of carbonyl (C=O) groups is 2. The minimum absolute atomic E-state index is 0.0265. The van der Waals surface area contributed by atoms with Crippen molar-refractivity contribution in [2.75, 3.05) is 19.8 Å². The van der Waals surface area contributed by atoms with Gasteiger partial charge in [-0.05, 0) is 49.5 Å². The molecule has 3 aliphatic rings. The highest BCUT2D eigenvalue weighted by atomic mass is 16.2. The molecule has 2 aliphatic heterocycles. The third-order valence-corrected chi connectivity index (χ3v) is 7.06. The van der Waals surface area contributed by atoms with E-state index >= 15 is 0 Å². The Balaban J connectivity index is 1.32. The van der Waals surface area contributed by atoms with E-state index in [-0.39, 0.29) is 17.9 Å². The lowest BCUT2D eigenvalue weighted by Gasteiger charge is -2.37. The summed E-state index contributed by atoms with van der Waals surface area (Å²) in [4.78, 5) is 28.5. The van der Waals surface area contributed by atoms with Crippen molar-refractivity contribution in [2.24, 2.45) is 11.8 Å². The summed E-state index contributed by atoms with van der Waals surface area (Å²) in [6.07, 6.45) is 7.47. The van der Waals surface area contributed by atoms with Crippen molar-refractivity contribution in [3.05, 3.63) is 35.9 Å². The summed E-state index contributed by atoms with van der Waals surface area (Å²) < 4.78 is 0. The number of quaternary nitrogens is 1. The van der Waals surface area contributed by atoms with Gasteiger partial charge in [0, 0.05) is 0 Å². The van der Waals surface area contributed by atoms with Crippen LogP contribution >= 0.6 is 0 Å². The second kappa shape index (κ2) is 7.63. The molecule has 3 amide bonds. The Labute approximate surface area is 162 Å². The van der Waals surface area contributed by atoms with Gasteiger partial charge in [0.05, 0.1) is 13.1 Å². The SMILES string of the molecule is C[C@@H]1CCCC[C@]12NC(=O)N(C[NH+]1CCC(Cc3ccccc3)CC1)C2=O. The molecule has 1 saturated carbocycles. The van der Waals surface area contributed by atoms with Gasteiger partial charge in [0.25, 0.3) is 5.91 Å². The second-order valence-electron chi connectivity index (χ2n) is 8.82. The molecule has 146 valence electrons. The molecule has 0 bridgehead atoms. The van der Waals surface area contributed by atoms with Crippen LogP contribution in [0.15, 0.2) is 30.3 Å². The molecule has 0 unspecified atom stereocenters. The first-order valence-corrected chi connectivity index (χ1v) is 10.6. The number of carbonyl (C=O) groups excluding carboxylic acids is 2. The monoisotopic (exact) mass is 370 g/mol. The quantitative estimate of drug-likeness (QED) is 0.797. The zero-order chi connectivity index (χ0) is 18.9. The lowest BCUT2D eigenvalue weighted by atomic mass is 9.73. The van der Waals surface area contributed by atoms with Crippen LogP contribution in [0.1, 0.15) is 51.0 Å². The van der Waals surface area contributed by atoms with Crippen LogP contribution < -0.4 is 10.2 Å². The highest BCUT2D eigenvalue weighted by Gasteiger charge is 2.55.